The lowest BCUT2D eigenvalue weighted by molar-refractivity contribution is -0.137. The summed E-state index contributed by atoms with van der Waals surface area (Å²) in [5.74, 6) is 0.138. The predicted molar refractivity (Wildman–Crippen MR) is 78.8 cm³/mol. The molecule has 3 rings (SSSR count). The molecule has 1 saturated heterocycles. The number of carbonyl (C=O) groups excluding carboxylic acids is 1. The SMILES string of the molecule is O=C(c1c[nH]c(=O)[nH]1)N1CCN(c2ccc(C(F)(F)F)cn2)CC1. The predicted octanol–water partition coefficient (Wildman–Crippen LogP) is 1.08. The van der Waals surface area contributed by atoms with Gasteiger partial charge in [0.15, 0.2) is 0 Å². The second kappa shape index (κ2) is 6.02. The number of pyridine rings is 1. The molecule has 0 aliphatic carbocycles. The highest BCUT2D eigenvalue weighted by molar-refractivity contribution is 5.92. The Balaban J connectivity index is 1.62. The van der Waals surface area contributed by atoms with Gasteiger partial charge in [-0.25, -0.2) is 9.78 Å². The lowest BCUT2D eigenvalue weighted by atomic mass is 10.2. The molecule has 1 aliphatic rings. The summed E-state index contributed by atoms with van der Waals surface area (Å²) in [6, 6.07) is 2.31. The minimum Gasteiger partial charge on any atom is -0.353 e. The van der Waals surface area contributed by atoms with Crippen LogP contribution in [0.25, 0.3) is 0 Å². The van der Waals surface area contributed by atoms with Crippen LogP contribution < -0.4 is 10.6 Å². The van der Waals surface area contributed by atoms with E-state index in [9.17, 15) is 22.8 Å². The van der Waals surface area contributed by atoms with Crippen LogP contribution in [0.3, 0.4) is 0 Å². The van der Waals surface area contributed by atoms with Crippen LogP contribution in [-0.4, -0.2) is 51.9 Å². The summed E-state index contributed by atoms with van der Waals surface area (Å²) in [6.45, 7) is 1.65. The van der Waals surface area contributed by atoms with Gasteiger partial charge in [-0.05, 0) is 12.1 Å². The maximum Gasteiger partial charge on any atom is 0.417 e. The van der Waals surface area contributed by atoms with E-state index in [1.807, 2.05) is 4.90 Å². The molecule has 24 heavy (non-hydrogen) atoms. The summed E-state index contributed by atoms with van der Waals surface area (Å²) in [7, 11) is 0. The number of aromatic amines is 2. The van der Waals surface area contributed by atoms with Gasteiger partial charge in [0.25, 0.3) is 5.91 Å². The van der Waals surface area contributed by atoms with E-state index in [4.69, 9.17) is 0 Å². The van der Waals surface area contributed by atoms with Crippen LogP contribution in [0.4, 0.5) is 19.0 Å². The first-order valence-electron chi connectivity index (χ1n) is 7.20. The second-order valence-corrected chi connectivity index (χ2v) is 5.34. The lowest BCUT2D eigenvalue weighted by Crippen LogP contribution is -2.49. The summed E-state index contributed by atoms with van der Waals surface area (Å²) in [5.41, 5.74) is -1.07. The van der Waals surface area contributed by atoms with Crippen molar-refractivity contribution in [2.45, 2.75) is 6.18 Å². The van der Waals surface area contributed by atoms with Crippen LogP contribution in [0.15, 0.2) is 29.3 Å². The number of imidazole rings is 1. The number of hydrogen-bond donors (Lipinski definition) is 2. The zero-order valence-corrected chi connectivity index (χ0v) is 12.4. The number of rotatable bonds is 2. The van der Waals surface area contributed by atoms with Gasteiger partial charge in [0.2, 0.25) is 0 Å². The number of piperazine rings is 1. The van der Waals surface area contributed by atoms with Gasteiger partial charge in [-0.2, -0.15) is 13.2 Å². The Morgan fingerprint density at radius 2 is 1.88 bits per heavy atom. The van der Waals surface area contributed by atoms with Crippen molar-refractivity contribution in [2.75, 3.05) is 31.1 Å². The summed E-state index contributed by atoms with van der Waals surface area (Å²) in [5, 5.41) is 0. The van der Waals surface area contributed by atoms with Crippen molar-refractivity contribution < 1.29 is 18.0 Å². The normalized spacial score (nSPS) is 15.6. The number of aromatic nitrogens is 3. The molecule has 2 N–H and O–H groups in total. The minimum atomic E-state index is -4.41. The summed E-state index contributed by atoms with van der Waals surface area (Å²) >= 11 is 0. The van der Waals surface area contributed by atoms with Gasteiger partial charge in [-0.3, -0.25) is 4.79 Å². The Bertz CT molecular complexity index is 773. The van der Waals surface area contributed by atoms with Gasteiger partial charge >= 0.3 is 11.9 Å². The van der Waals surface area contributed by atoms with Crippen molar-refractivity contribution in [3.8, 4) is 0 Å². The summed E-state index contributed by atoms with van der Waals surface area (Å²) in [4.78, 5) is 35.2. The molecule has 10 heteroatoms. The Hall–Kier alpha value is -2.78. The highest BCUT2D eigenvalue weighted by atomic mass is 19.4. The summed E-state index contributed by atoms with van der Waals surface area (Å²) in [6.07, 6.45) is -2.30. The maximum atomic E-state index is 12.5. The number of anilines is 1. The van der Waals surface area contributed by atoms with Crippen molar-refractivity contribution in [1.29, 1.82) is 0 Å². The summed E-state index contributed by atoms with van der Waals surface area (Å²) < 4.78 is 37.6. The van der Waals surface area contributed by atoms with E-state index in [0.717, 1.165) is 12.3 Å². The standard InChI is InChI=1S/C14H14F3N5O2/c15-14(16,17)9-1-2-11(18-7-9)21-3-5-22(6-4-21)12(23)10-8-19-13(24)20-10/h1-2,7-8H,3-6H2,(H2,19,20,24). The largest absolute Gasteiger partial charge is 0.417 e. The first kappa shape index (κ1) is 16.1. The number of halogens is 3. The van der Waals surface area contributed by atoms with E-state index in [1.165, 1.54) is 12.3 Å². The zero-order valence-electron chi connectivity index (χ0n) is 12.4. The molecule has 1 aliphatic heterocycles. The van der Waals surface area contributed by atoms with E-state index in [-0.39, 0.29) is 11.6 Å². The average molecular weight is 341 g/mol. The van der Waals surface area contributed by atoms with Crippen molar-refractivity contribution in [3.63, 3.8) is 0 Å². The molecule has 128 valence electrons. The highest BCUT2D eigenvalue weighted by Crippen LogP contribution is 2.29. The monoisotopic (exact) mass is 341 g/mol. The van der Waals surface area contributed by atoms with Crippen LogP contribution in [0, 0.1) is 0 Å². The number of amides is 1. The highest BCUT2D eigenvalue weighted by Gasteiger charge is 2.31. The molecule has 0 unspecified atom stereocenters. The molecule has 2 aromatic rings. The quantitative estimate of drug-likeness (QED) is 0.856. The fourth-order valence-electron chi connectivity index (χ4n) is 2.50. The van der Waals surface area contributed by atoms with E-state index in [0.29, 0.717) is 32.0 Å². The molecule has 7 nitrogen and oxygen atoms in total. The first-order valence-corrected chi connectivity index (χ1v) is 7.20. The minimum absolute atomic E-state index is 0.182. The molecule has 2 aromatic heterocycles. The van der Waals surface area contributed by atoms with Crippen molar-refractivity contribution in [2.24, 2.45) is 0 Å². The third kappa shape index (κ3) is 3.26. The second-order valence-electron chi connectivity index (χ2n) is 5.34. The molecular formula is C14H14F3N5O2. The average Bonchev–Trinajstić information content (AvgIpc) is 3.00. The van der Waals surface area contributed by atoms with Crippen molar-refractivity contribution in [1.82, 2.24) is 19.9 Å². The van der Waals surface area contributed by atoms with Crippen molar-refractivity contribution in [3.05, 3.63) is 46.3 Å². The van der Waals surface area contributed by atoms with Crippen LogP contribution in [0.2, 0.25) is 0 Å². The van der Waals surface area contributed by atoms with Gasteiger partial charge in [-0.15, -0.1) is 0 Å². The molecule has 1 fully saturated rings. The van der Waals surface area contributed by atoms with Gasteiger partial charge in [0, 0.05) is 38.6 Å². The first-order chi connectivity index (χ1) is 11.3. The van der Waals surface area contributed by atoms with E-state index in [2.05, 4.69) is 15.0 Å². The smallest absolute Gasteiger partial charge is 0.353 e. The van der Waals surface area contributed by atoms with Gasteiger partial charge in [0.1, 0.15) is 11.5 Å². The topological polar surface area (TPSA) is 85.1 Å². The molecule has 0 bridgehead atoms. The fourth-order valence-corrected chi connectivity index (χ4v) is 2.50. The van der Waals surface area contributed by atoms with Crippen molar-refractivity contribution >= 4 is 11.7 Å². The molecule has 3 heterocycles. The Morgan fingerprint density at radius 3 is 2.38 bits per heavy atom. The van der Waals surface area contributed by atoms with Crippen LogP contribution in [-0.2, 0) is 6.18 Å². The molecule has 0 aromatic carbocycles. The molecule has 0 saturated carbocycles. The van der Waals surface area contributed by atoms with Crippen LogP contribution >= 0.6 is 0 Å². The molecule has 0 atom stereocenters. The maximum absolute atomic E-state index is 12.5. The third-order valence-corrected chi connectivity index (χ3v) is 3.79. The van der Waals surface area contributed by atoms with Crippen LogP contribution in [0.5, 0.6) is 0 Å². The Kier molecular flexibility index (Phi) is 4.04. The Labute approximate surface area is 134 Å². The Morgan fingerprint density at radius 1 is 1.17 bits per heavy atom. The number of hydrogen-bond acceptors (Lipinski definition) is 4. The van der Waals surface area contributed by atoms with E-state index in [1.54, 1.807) is 4.90 Å². The number of nitrogens with zero attached hydrogens (tertiary/aromatic N) is 3. The molecule has 0 radical (unpaired) electrons. The van der Waals surface area contributed by atoms with Gasteiger partial charge < -0.3 is 19.8 Å². The van der Waals surface area contributed by atoms with Gasteiger partial charge in [-0.1, -0.05) is 0 Å². The number of carbonyl (C=O) groups is 1. The number of nitrogens with one attached hydrogen (secondary N) is 2. The lowest BCUT2D eigenvalue weighted by Gasteiger charge is -2.35. The number of alkyl halides is 3. The molecular weight excluding hydrogens is 327 g/mol. The van der Waals surface area contributed by atoms with Crippen LogP contribution in [0.1, 0.15) is 16.1 Å². The molecule has 0 spiro atoms. The zero-order chi connectivity index (χ0) is 17.3. The number of H-pyrrole nitrogens is 2. The third-order valence-electron chi connectivity index (χ3n) is 3.79. The van der Waals surface area contributed by atoms with Gasteiger partial charge in [0.05, 0.1) is 5.56 Å². The van der Waals surface area contributed by atoms with E-state index >= 15 is 0 Å². The molecule has 1 amide bonds. The van der Waals surface area contributed by atoms with E-state index < -0.39 is 17.4 Å². The fraction of sp³-hybridized carbons (Fsp3) is 0.357.